The molecule has 6 heteroatoms. The Morgan fingerprint density at radius 2 is 1.76 bits per heavy atom. The van der Waals surface area contributed by atoms with Crippen LogP contribution in [0.2, 0.25) is 0 Å². The summed E-state index contributed by atoms with van der Waals surface area (Å²) in [7, 11) is 0. The Hall–Kier alpha value is -3.12. The highest BCUT2D eigenvalue weighted by Crippen LogP contribution is 2.40. The molecule has 1 heterocycles. The van der Waals surface area contributed by atoms with Crippen molar-refractivity contribution in [1.82, 2.24) is 9.80 Å². The maximum atomic E-state index is 13.1. The number of hydrogen-bond donors (Lipinski definition) is 1. The van der Waals surface area contributed by atoms with E-state index >= 15 is 0 Å². The van der Waals surface area contributed by atoms with Crippen molar-refractivity contribution in [2.75, 3.05) is 32.8 Å². The van der Waals surface area contributed by atoms with Gasteiger partial charge in [0.25, 0.3) is 11.7 Å². The summed E-state index contributed by atoms with van der Waals surface area (Å²) in [5.41, 5.74) is 1.39. The molecular weight excluding hydrogens is 416 g/mol. The van der Waals surface area contributed by atoms with E-state index in [2.05, 4.69) is 25.7 Å². The van der Waals surface area contributed by atoms with Crippen LogP contribution in [-0.2, 0) is 9.59 Å². The van der Waals surface area contributed by atoms with Crippen LogP contribution in [0, 0.1) is 0 Å². The summed E-state index contributed by atoms with van der Waals surface area (Å²) >= 11 is 0. The smallest absolute Gasteiger partial charge is 0.295 e. The van der Waals surface area contributed by atoms with Gasteiger partial charge in [-0.1, -0.05) is 69.7 Å². The lowest BCUT2D eigenvalue weighted by Gasteiger charge is -2.28. The summed E-state index contributed by atoms with van der Waals surface area (Å²) in [4.78, 5) is 30.0. The third-order valence-corrected chi connectivity index (χ3v) is 6.08. The second kappa shape index (κ2) is 11.7. The second-order valence-electron chi connectivity index (χ2n) is 8.16. The van der Waals surface area contributed by atoms with E-state index in [9.17, 15) is 14.7 Å². The van der Waals surface area contributed by atoms with Gasteiger partial charge in [-0.2, -0.15) is 0 Å². The predicted octanol–water partition coefficient (Wildman–Crippen LogP) is 4.63. The Bertz CT molecular complexity index is 983. The first kappa shape index (κ1) is 24.5. The molecule has 1 unspecified atom stereocenters. The Balaban J connectivity index is 2.04. The molecule has 1 aliphatic heterocycles. The average molecular weight is 451 g/mol. The molecule has 0 aromatic heterocycles. The predicted molar refractivity (Wildman–Crippen MR) is 130 cm³/mol. The molecule has 33 heavy (non-hydrogen) atoms. The Morgan fingerprint density at radius 3 is 2.42 bits per heavy atom. The Labute approximate surface area is 196 Å². The first-order valence-electron chi connectivity index (χ1n) is 11.8. The van der Waals surface area contributed by atoms with Gasteiger partial charge in [0.1, 0.15) is 11.5 Å². The summed E-state index contributed by atoms with van der Waals surface area (Å²) in [6.45, 7) is 9.60. The quantitative estimate of drug-likeness (QED) is 0.234. The molecule has 0 spiro atoms. The molecule has 1 amide bonds. The molecular formula is C27H34N2O4. The van der Waals surface area contributed by atoms with Crippen molar-refractivity contribution >= 4 is 17.4 Å². The van der Waals surface area contributed by atoms with Crippen molar-refractivity contribution in [1.29, 1.82) is 0 Å². The lowest BCUT2D eigenvalue weighted by molar-refractivity contribution is -0.140. The molecule has 2 aromatic rings. The molecule has 0 bridgehead atoms. The molecule has 0 aliphatic carbocycles. The third-order valence-electron chi connectivity index (χ3n) is 6.08. The van der Waals surface area contributed by atoms with Crippen LogP contribution in [0.1, 0.15) is 50.8 Å². The van der Waals surface area contributed by atoms with E-state index in [-0.39, 0.29) is 11.3 Å². The lowest BCUT2D eigenvalue weighted by atomic mass is 9.95. The van der Waals surface area contributed by atoms with E-state index in [4.69, 9.17) is 4.74 Å². The molecule has 1 saturated heterocycles. The van der Waals surface area contributed by atoms with E-state index < -0.39 is 17.7 Å². The van der Waals surface area contributed by atoms with Gasteiger partial charge in [0.05, 0.1) is 18.2 Å². The lowest BCUT2D eigenvalue weighted by Crippen LogP contribution is -2.38. The van der Waals surface area contributed by atoms with Gasteiger partial charge in [-0.25, -0.2) is 0 Å². The van der Waals surface area contributed by atoms with Crippen LogP contribution in [0.4, 0.5) is 0 Å². The zero-order valence-corrected chi connectivity index (χ0v) is 19.8. The summed E-state index contributed by atoms with van der Waals surface area (Å²) in [6, 6.07) is 15.7. The van der Waals surface area contributed by atoms with Crippen LogP contribution < -0.4 is 4.74 Å². The fraction of sp³-hybridized carbons (Fsp3) is 0.407. The van der Waals surface area contributed by atoms with Gasteiger partial charge >= 0.3 is 0 Å². The van der Waals surface area contributed by atoms with E-state index in [1.807, 2.05) is 30.3 Å². The van der Waals surface area contributed by atoms with Crippen molar-refractivity contribution in [2.24, 2.45) is 0 Å². The number of carbonyl (C=O) groups excluding carboxylic acids is 2. The van der Waals surface area contributed by atoms with E-state index in [0.717, 1.165) is 31.5 Å². The third kappa shape index (κ3) is 5.63. The second-order valence-corrected chi connectivity index (χ2v) is 8.16. The first-order chi connectivity index (χ1) is 16.0. The number of likely N-dealkylation sites (tertiary alicyclic amines) is 1. The minimum atomic E-state index is -0.671. The average Bonchev–Trinajstić information content (AvgIpc) is 3.10. The standard InChI is InChI=1S/C27H34N2O4/c1-4-7-18-33-22-15-11-14-21(19-22)24-23(25(30)20-12-9-8-10-13-20)26(31)27(32)29(24)17-16-28(5-2)6-3/h8-15,19,24,30H,4-7,16-18H2,1-3H3/b25-23+. The molecule has 176 valence electrons. The van der Waals surface area contributed by atoms with E-state index in [1.54, 1.807) is 29.2 Å². The topological polar surface area (TPSA) is 70.1 Å². The zero-order chi connectivity index (χ0) is 23.8. The van der Waals surface area contributed by atoms with Crippen molar-refractivity contribution in [2.45, 2.75) is 39.7 Å². The van der Waals surface area contributed by atoms with Crippen molar-refractivity contribution in [3.63, 3.8) is 0 Å². The first-order valence-corrected chi connectivity index (χ1v) is 11.8. The van der Waals surface area contributed by atoms with E-state index in [1.165, 1.54) is 0 Å². The number of Topliss-reactive ketones (excluding diaryl/α,β-unsaturated/α-hetero) is 1. The maximum Gasteiger partial charge on any atom is 0.295 e. The normalized spacial score (nSPS) is 17.7. The summed E-state index contributed by atoms with van der Waals surface area (Å²) in [5.74, 6) is -0.697. The highest BCUT2D eigenvalue weighted by molar-refractivity contribution is 6.46. The molecule has 2 aromatic carbocycles. The summed E-state index contributed by atoms with van der Waals surface area (Å²) in [5, 5.41) is 11.1. The van der Waals surface area contributed by atoms with Crippen molar-refractivity contribution in [3.05, 3.63) is 71.3 Å². The highest BCUT2D eigenvalue weighted by atomic mass is 16.5. The van der Waals surface area contributed by atoms with E-state index in [0.29, 0.717) is 31.0 Å². The Morgan fingerprint density at radius 1 is 1.03 bits per heavy atom. The number of likely N-dealkylation sites (N-methyl/N-ethyl adjacent to an activating group) is 1. The molecule has 0 radical (unpaired) electrons. The summed E-state index contributed by atoms with van der Waals surface area (Å²) < 4.78 is 5.87. The number of hydrogen-bond acceptors (Lipinski definition) is 5. The number of ether oxygens (including phenoxy) is 1. The molecule has 1 atom stereocenters. The minimum absolute atomic E-state index is 0.122. The van der Waals surface area contributed by atoms with Gasteiger partial charge in [0, 0.05) is 18.7 Å². The maximum absolute atomic E-state index is 13.1. The molecule has 1 aliphatic rings. The van der Waals surface area contributed by atoms with Crippen LogP contribution in [0.25, 0.3) is 5.76 Å². The van der Waals surface area contributed by atoms with Gasteiger partial charge in [-0.05, 0) is 37.2 Å². The number of ketones is 1. The van der Waals surface area contributed by atoms with Crippen LogP contribution in [0.3, 0.4) is 0 Å². The molecule has 1 fully saturated rings. The largest absolute Gasteiger partial charge is 0.507 e. The van der Waals surface area contributed by atoms with Gasteiger partial charge < -0.3 is 19.6 Å². The monoisotopic (exact) mass is 450 g/mol. The van der Waals surface area contributed by atoms with Crippen molar-refractivity contribution < 1.29 is 19.4 Å². The number of unbranched alkanes of at least 4 members (excludes halogenated alkanes) is 1. The van der Waals surface area contributed by atoms with Crippen LogP contribution >= 0.6 is 0 Å². The fourth-order valence-corrected chi connectivity index (χ4v) is 4.11. The molecule has 6 nitrogen and oxygen atoms in total. The van der Waals surface area contributed by atoms with Gasteiger partial charge in [-0.3, -0.25) is 9.59 Å². The van der Waals surface area contributed by atoms with Gasteiger partial charge in [0.2, 0.25) is 0 Å². The number of aliphatic hydroxyl groups is 1. The van der Waals surface area contributed by atoms with Crippen LogP contribution in [0.5, 0.6) is 5.75 Å². The number of benzene rings is 2. The number of nitrogens with zero attached hydrogens (tertiary/aromatic N) is 2. The van der Waals surface area contributed by atoms with Gasteiger partial charge in [-0.15, -0.1) is 0 Å². The number of amides is 1. The zero-order valence-electron chi connectivity index (χ0n) is 19.8. The number of aliphatic hydroxyl groups excluding tert-OH is 1. The van der Waals surface area contributed by atoms with Crippen molar-refractivity contribution in [3.8, 4) is 5.75 Å². The number of carbonyl (C=O) groups is 2. The highest BCUT2D eigenvalue weighted by Gasteiger charge is 2.46. The SMILES string of the molecule is CCCCOc1cccc(C2/C(=C(\O)c3ccccc3)C(=O)C(=O)N2CCN(CC)CC)c1. The van der Waals surface area contributed by atoms with Gasteiger partial charge in [0.15, 0.2) is 0 Å². The minimum Gasteiger partial charge on any atom is -0.507 e. The fourth-order valence-electron chi connectivity index (χ4n) is 4.11. The van der Waals surface area contributed by atoms with Crippen LogP contribution in [0.15, 0.2) is 60.2 Å². The molecule has 3 rings (SSSR count). The number of rotatable bonds is 11. The Kier molecular flexibility index (Phi) is 8.66. The molecule has 0 saturated carbocycles. The van der Waals surface area contributed by atoms with Crippen LogP contribution in [-0.4, -0.2) is 59.4 Å². The molecule has 1 N–H and O–H groups in total. The summed E-state index contributed by atoms with van der Waals surface area (Å²) in [6.07, 6.45) is 1.98.